The van der Waals surface area contributed by atoms with E-state index < -0.39 is 23.1 Å². The number of aryl methyl sites for hydroxylation is 2. The third kappa shape index (κ3) is 3.05. The number of hydrogen-bond donors (Lipinski definition) is 1. The number of carbonyl (C=O) groups excluding carboxylic acids is 1. The summed E-state index contributed by atoms with van der Waals surface area (Å²) in [6.07, 6.45) is 1.65. The Kier molecular flexibility index (Phi) is 4.88. The van der Waals surface area contributed by atoms with Crippen LogP contribution >= 0.6 is 11.6 Å². The zero-order chi connectivity index (χ0) is 24.3. The zero-order valence-corrected chi connectivity index (χ0v) is 18.8. The van der Waals surface area contributed by atoms with Crippen LogP contribution in [0.4, 0.5) is 14.5 Å². The quantitative estimate of drug-likeness (QED) is 0.279. The summed E-state index contributed by atoms with van der Waals surface area (Å²) in [6.45, 7) is 1.84. The maximum atomic E-state index is 14.0. The summed E-state index contributed by atoms with van der Waals surface area (Å²) in [5, 5.41) is 10.2. The standard InChI is InChI=1S/C25H16ClF2N5O/c1-12-31-24-20(32(12)2)10-14(11-29)21(22(24)26)15-4-3-7-33-18(15)5-6-19(33)25(34)13-8-16(27)23(30)17(28)9-13/h3-10H,30H2,1-2H3. The minimum Gasteiger partial charge on any atom is -0.394 e. The molecule has 5 rings (SSSR count). The van der Waals surface area contributed by atoms with Crippen LogP contribution in [0.3, 0.4) is 0 Å². The average molecular weight is 476 g/mol. The van der Waals surface area contributed by atoms with E-state index in [-0.39, 0.29) is 11.3 Å². The molecule has 0 aliphatic heterocycles. The Hall–Kier alpha value is -4.22. The summed E-state index contributed by atoms with van der Waals surface area (Å²) in [6, 6.07) is 12.5. The molecule has 0 unspecified atom stereocenters. The highest BCUT2D eigenvalue weighted by Crippen LogP contribution is 2.39. The van der Waals surface area contributed by atoms with E-state index in [9.17, 15) is 18.8 Å². The lowest BCUT2D eigenvalue weighted by Crippen LogP contribution is -2.08. The van der Waals surface area contributed by atoms with Crippen molar-refractivity contribution in [1.82, 2.24) is 14.0 Å². The minimum absolute atomic E-state index is 0.171. The predicted molar refractivity (Wildman–Crippen MR) is 126 cm³/mol. The number of nitrogen functional groups attached to an aromatic ring is 1. The highest BCUT2D eigenvalue weighted by atomic mass is 35.5. The first kappa shape index (κ1) is 21.6. The maximum Gasteiger partial charge on any atom is 0.209 e. The van der Waals surface area contributed by atoms with Crippen molar-refractivity contribution in [3.8, 4) is 17.2 Å². The van der Waals surface area contributed by atoms with Crippen LogP contribution in [0.15, 0.2) is 48.7 Å². The highest BCUT2D eigenvalue weighted by molar-refractivity contribution is 6.38. The smallest absolute Gasteiger partial charge is 0.209 e. The van der Waals surface area contributed by atoms with Gasteiger partial charge < -0.3 is 14.7 Å². The van der Waals surface area contributed by atoms with Gasteiger partial charge in [0.05, 0.1) is 33.4 Å². The topological polar surface area (TPSA) is 89.1 Å². The molecule has 168 valence electrons. The van der Waals surface area contributed by atoms with Gasteiger partial charge in [-0.25, -0.2) is 13.8 Å². The van der Waals surface area contributed by atoms with Crippen molar-refractivity contribution in [2.45, 2.75) is 6.92 Å². The van der Waals surface area contributed by atoms with Crippen LogP contribution in [0.2, 0.25) is 5.02 Å². The Morgan fingerprint density at radius 3 is 2.53 bits per heavy atom. The van der Waals surface area contributed by atoms with Crippen LogP contribution in [-0.4, -0.2) is 19.7 Å². The molecule has 0 atom stereocenters. The third-order valence-electron chi connectivity index (χ3n) is 6.00. The zero-order valence-electron chi connectivity index (χ0n) is 18.0. The van der Waals surface area contributed by atoms with E-state index in [0.29, 0.717) is 32.7 Å². The summed E-state index contributed by atoms with van der Waals surface area (Å²) < 4.78 is 31.3. The van der Waals surface area contributed by atoms with Crippen molar-refractivity contribution in [2.75, 3.05) is 5.73 Å². The molecule has 5 aromatic rings. The molecule has 2 aromatic carbocycles. The van der Waals surface area contributed by atoms with Gasteiger partial charge in [-0.15, -0.1) is 0 Å². The van der Waals surface area contributed by atoms with Gasteiger partial charge in [-0.1, -0.05) is 17.7 Å². The molecule has 0 amide bonds. The first-order valence-corrected chi connectivity index (χ1v) is 10.6. The van der Waals surface area contributed by atoms with Crippen molar-refractivity contribution in [3.63, 3.8) is 0 Å². The van der Waals surface area contributed by atoms with E-state index in [0.717, 1.165) is 23.5 Å². The lowest BCUT2D eigenvalue weighted by atomic mass is 9.99. The van der Waals surface area contributed by atoms with E-state index in [1.165, 1.54) is 0 Å². The Morgan fingerprint density at radius 2 is 1.85 bits per heavy atom. The number of anilines is 1. The number of ketones is 1. The van der Waals surface area contributed by atoms with E-state index in [1.807, 2.05) is 18.5 Å². The van der Waals surface area contributed by atoms with Crippen LogP contribution in [0.25, 0.3) is 27.7 Å². The number of halogens is 3. The maximum absolute atomic E-state index is 14.0. The second-order valence-corrected chi connectivity index (χ2v) is 8.27. The van der Waals surface area contributed by atoms with Gasteiger partial charge in [0.25, 0.3) is 0 Å². The molecule has 3 heterocycles. The Labute approximate surface area is 197 Å². The van der Waals surface area contributed by atoms with Gasteiger partial charge in [0.1, 0.15) is 28.7 Å². The first-order chi connectivity index (χ1) is 16.2. The first-order valence-electron chi connectivity index (χ1n) is 10.2. The molecular weight excluding hydrogens is 460 g/mol. The van der Waals surface area contributed by atoms with Crippen LogP contribution in [0, 0.1) is 29.9 Å². The lowest BCUT2D eigenvalue weighted by Gasteiger charge is -2.12. The monoisotopic (exact) mass is 475 g/mol. The van der Waals surface area contributed by atoms with Gasteiger partial charge >= 0.3 is 0 Å². The summed E-state index contributed by atoms with van der Waals surface area (Å²) in [5.74, 6) is -1.85. The summed E-state index contributed by atoms with van der Waals surface area (Å²) >= 11 is 6.76. The van der Waals surface area contributed by atoms with E-state index in [1.54, 1.807) is 40.9 Å². The number of nitrogens with two attached hydrogens (primary N) is 1. The SMILES string of the molecule is Cc1nc2c(Cl)c(-c3cccn4c(C(=O)c5cc(F)c(N)c(F)c5)ccc34)c(C#N)cc2n1C. The lowest BCUT2D eigenvalue weighted by molar-refractivity contribution is 0.103. The number of imidazole rings is 1. The molecule has 0 radical (unpaired) electrons. The van der Waals surface area contributed by atoms with E-state index in [4.69, 9.17) is 17.3 Å². The number of fused-ring (bicyclic) bond motifs is 2. The Balaban J connectivity index is 1.73. The van der Waals surface area contributed by atoms with Gasteiger partial charge in [0, 0.05) is 29.9 Å². The van der Waals surface area contributed by atoms with Gasteiger partial charge in [-0.3, -0.25) is 4.79 Å². The number of pyridine rings is 1. The summed E-state index contributed by atoms with van der Waals surface area (Å²) in [7, 11) is 1.84. The normalized spacial score (nSPS) is 11.3. The van der Waals surface area contributed by atoms with Crippen molar-refractivity contribution in [2.24, 2.45) is 7.05 Å². The van der Waals surface area contributed by atoms with Crippen molar-refractivity contribution in [3.05, 3.63) is 88.0 Å². The fraction of sp³-hybridized carbons (Fsp3) is 0.0800. The largest absolute Gasteiger partial charge is 0.394 e. The number of hydrogen-bond acceptors (Lipinski definition) is 4. The molecule has 2 N–H and O–H groups in total. The number of carbonyl (C=O) groups is 1. The Morgan fingerprint density at radius 1 is 1.15 bits per heavy atom. The van der Waals surface area contributed by atoms with Gasteiger partial charge in [-0.2, -0.15) is 5.26 Å². The van der Waals surface area contributed by atoms with Crippen LogP contribution in [-0.2, 0) is 7.05 Å². The second kappa shape index (κ2) is 7.68. The predicted octanol–water partition coefficient (Wildman–Crippen LogP) is 5.42. The fourth-order valence-corrected chi connectivity index (χ4v) is 4.49. The molecule has 0 spiro atoms. The van der Waals surface area contributed by atoms with Crippen molar-refractivity contribution >= 4 is 39.6 Å². The third-order valence-corrected chi connectivity index (χ3v) is 6.36. The summed E-state index contributed by atoms with van der Waals surface area (Å²) in [5.41, 5.74) is 8.04. The molecule has 34 heavy (non-hydrogen) atoms. The summed E-state index contributed by atoms with van der Waals surface area (Å²) in [4.78, 5) is 17.6. The highest BCUT2D eigenvalue weighted by Gasteiger charge is 2.22. The molecule has 3 aromatic heterocycles. The molecule has 6 nitrogen and oxygen atoms in total. The number of aromatic nitrogens is 3. The Bertz CT molecular complexity index is 1690. The molecule has 0 bridgehead atoms. The second-order valence-electron chi connectivity index (χ2n) is 7.89. The number of nitrogens with zero attached hydrogens (tertiary/aromatic N) is 4. The van der Waals surface area contributed by atoms with Crippen molar-refractivity contribution in [1.29, 1.82) is 5.26 Å². The molecule has 0 aliphatic carbocycles. The number of benzene rings is 2. The molecule has 0 saturated carbocycles. The fourth-order valence-electron chi connectivity index (χ4n) is 4.15. The van der Waals surface area contributed by atoms with Crippen molar-refractivity contribution < 1.29 is 13.6 Å². The minimum atomic E-state index is -1.01. The molecule has 0 fully saturated rings. The van der Waals surface area contributed by atoms with Gasteiger partial charge in [0.2, 0.25) is 5.78 Å². The van der Waals surface area contributed by atoms with Gasteiger partial charge in [0.15, 0.2) is 0 Å². The van der Waals surface area contributed by atoms with Gasteiger partial charge in [-0.05, 0) is 43.3 Å². The van der Waals surface area contributed by atoms with Crippen LogP contribution in [0.1, 0.15) is 27.4 Å². The van der Waals surface area contributed by atoms with E-state index in [2.05, 4.69) is 11.1 Å². The number of nitriles is 1. The van der Waals surface area contributed by atoms with Crippen LogP contribution < -0.4 is 5.73 Å². The van der Waals surface area contributed by atoms with Crippen LogP contribution in [0.5, 0.6) is 0 Å². The number of rotatable bonds is 3. The average Bonchev–Trinajstić information content (AvgIpc) is 3.38. The molecular formula is C25H16ClF2N5O. The van der Waals surface area contributed by atoms with E-state index >= 15 is 0 Å². The molecule has 9 heteroatoms. The molecule has 0 saturated heterocycles. The molecule has 0 aliphatic rings.